The van der Waals surface area contributed by atoms with Crippen LogP contribution < -0.4 is 0 Å². The van der Waals surface area contributed by atoms with Crippen LogP contribution in [0.5, 0.6) is 0 Å². The maximum absolute atomic E-state index is 5.74. The molecule has 0 radical (unpaired) electrons. The fourth-order valence-corrected chi connectivity index (χ4v) is 1.60. The van der Waals surface area contributed by atoms with Gasteiger partial charge in [0.1, 0.15) is 0 Å². The van der Waals surface area contributed by atoms with E-state index in [1.54, 1.807) is 0 Å². The van der Waals surface area contributed by atoms with Crippen LogP contribution >= 0.6 is 0 Å². The molecule has 2 nitrogen and oxygen atoms in total. The summed E-state index contributed by atoms with van der Waals surface area (Å²) < 4.78 is 11.5. The molecule has 3 heteroatoms. The summed E-state index contributed by atoms with van der Waals surface area (Å²) in [4.78, 5) is 0. The van der Waals surface area contributed by atoms with Gasteiger partial charge >= 0.3 is 7.12 Å². The molecule has 0 unspecified atom stereocenters. The van der Waals surface area contributed by atoms with E-state index >= 15 is 0 Å². The van der Waals surface area contributed by atoms with E-state index in [0.29, 0.717) is 0 Å². The van der Waals surface area contributed by atoms with E-state index in [4.69, 9.17) is 9.31 Å². The van der Waals surface area contributed by atoms with Gasteiger partial charge < -0.3 is 9.31 Å². The molecule has 19 heavy (non-hydrogen) atoms. The van der Waals surface area contributed by atoms with Gasteiger partial charge in [-0.05, 0) is 18.4 Å². The summed E-state index contributed by atoms with van der Waals surface area (Å²) in [5, 5.41) is 0. The van der Waals surface area contributed by atoms with Crippen molar-refractivity contribution >= 4 is 13.2 Å². The van der Waals surface area contributed by atoms with E-state index in [1.165, 1.54) is 5.56 Å². The molecular formula is C16H25BO2. The minimum atomic E-state index is -0.224. The second-order valence-electron chi connectivity index (χ2n) is 4.59. The third-order valence-electron chi connectivity index (χ3n) is 2.81. The quantitative estimate of drug-likeness (QED) is 0.459. The van der Waals surface area contributed by atoms with Crippen molar-refractivity contribution in [1.82, 2.24) is 0 Å². The van der Waals surface area contributed by atoms with Crippen molar-refractivity contribution in [2.24, 2.45) is 0 Å². The van der Waals surface area contributed by atoms with E-state index < -0.39 is 0 Å². The first-order chi connectivity index (χ1) is 9.36. The predicted molar refractivity (Wildman–Crippen MR) is 83.0 cm³/mol. The maximum Gasteiger partial charge on any atom is 0.486 e. The SMILES string of the molecule is CCCCOB(/C=C/c1ccccc1)OCCCC. The first kappa shape index (κ1) is 16.0. The highest BCUT2D eigenvalue weighted by atomic mass is 16.6. The Bertz CT molecular complexity index is 328. The van der Waals surface area contributed by atoms with Crippen LogP contribution in [0.4, 0.5) is 0 Å². The monoisotopic (exact) mass is 260 g/mol. The van der Waals surface area contributed by atoms with Crippen molar-refractivity contribution in [1.29, 1.82) is 0 Å². The van der Waals surface area contributed by atoms with Crippen LogP contribution in [0.3, 0.4) is 0 Å². The first-order valence-electron chi connectivity index (χ1n) is 7.33. The fraction of sp³-hybridized carbons (Fsp3) is 0.500. The lowest BCUT2D eigenvalue weighted by Gasteiger charge is -2.11. The van der Waals surface area contributed by atoms with Crippen LogP contribution in [0.25, 0.3) is 6.08 Å². The minimum absolute atomic E-state index is 0.224. The predicted octanol–water partition coefficient (Wildman–Crippen LogP) is 4.36. The number of benzene rings is 1. The molecule has 1 aromatic carbocycles. The molecule has 0 atom stereocenters. The van der Waals surface area contributed by atoms with Gasteiger partial charge in [0.15, 0.2) is 0 Å². The van der Waals surface area contributed by atoms with Gasteiger partial charge in [-0.3, -0.25) is 0 Å². The Morgan fingerprint density at radius 3 is 2.05 bits per heavy atom. The Morgan fingerprint density at radius 2 is 1.53 bits per heavy atom. The van der Waals surface area contributed by atoms with Gasteiger partial charge in [-0.25, -0.2) is 0 Å². The van der Waals surface area contributed by atoms with E-state index in [-0.39, 0.29) is 7.12 Å². The third kappa shape index (κ3) is 7.86. The molecule has 0 fully saturated rings. The normalized spacial score (nSPS) is 11.1. The largest absolute Gasteiger partial charge is 0.486 e. The Kier molecular flexibility index (Phi) is 9.12. The van der Waals surface area contributed by atoms with Crippen molar-refractivity contribution in [3.05, 3.63) is 41.9 Å². The van der Waals surface area contributed by atoms with Crippen LogP contribution in [-0.4, -0.2) is 20.3 Å². The first-order valence-corrected chi connectivity index (χ1v) is 7.33. The Hall–Kier alpha value is -1.06. The van der Waals surface area contributed by atoms with Gasteiger partial charge in [-0.1, -0.05) is 69.1 Å². The fourth-order valence-electron chi connectivity index (χ4n) is 1.60. The maximum atomic E-state index is 5.74. The lowest BCUT2D eigenvalue weighted by molar-refractivity contribution is 0.201. The van der Waals surface area contributed by atoms with Gasteiger partial charge in [0.05, 0.1) is 0 Å². The van der Waals surface area contributed by atoms with Crippen LogP contribution in [0.15, 0.2) is 36.3 Å². The minimum Gasteiger partial charge on any atom is -0.408 e. The molecule has 0 N–H and O–H groups in total. The van der Waals surface area contributed by atoms with Gasteiger partial charge in [-0.15, -0.1) is 0 Å². The van der Waals surface area contributed by atoms with Gasteiger partial charge in [0.25, 0.3) is 0 Å². The third-order valence-corrected chi connectivity index (χ3v) is 2.81. The molecule has 0 saturated carbocycles. The molecular weight excluding hydrogens is 235 g/mol. The van der Waals surface area contributed by atoms with Crippen molar-refractivity contribution in [2.45, 2.75) is 39.5 Å². The summed E-state index contributed by atoms with van der Waals surface area (Å²) in [6, 6.07) is 10.2. The van der Waals surface area contributed by atoms with Crippen LogP contribution in [-0.2, 0) is 9.31 Å². The smallest absolute Gasteiger partial charge is 0.408 e. The highest BCUT2D eigenvalue weighted by Gasteiger charge is 2.13. The standard InChI is InChI=1S/C16H25BO2/c1-3-5-14-18-17(19-15-6-4-2)13-12-16-10-8-7-9-11-16/h7-13H,3-6,14-15H2,1-2H3/b13-12+. The van der Waals surface area contributed by atoms with E-state index in [9.17, 15) is 0 Å². The summed E-state index contributed by atoms with van der Waals surface area (Å²) in [6.45, 7) is 5.84. The summed E-state index contributed by atoms with van der Waals surface area (Å²) in [7, 11) is -0.224. The van der Waals surface area contributed by atoms with Crippen LogP contribution in [0.1, 0.15) is 45.1 Å². The highest BCUT2D eigenvalue weighted by molar-refractivity contribution is 6.51. The summed E-state index contributed by atoms with van der Waals surface area (Å²) in [5.74, 6) is 2.00. The van der Waals surface area contributed by atoms with Crippen molar-refractivity contribution in [3.63, 3.8) is 0 Å². The lowest BCUT2D eigenvalue weighted by atomic mass is 9.88. The van der Waals surface area contributed by atoms with Crippen LogP contribution in [0.2, 0.25) is 0 Å². The molecule has 1 aromatic rings. The molecule has 0 aromatic heterocycles. The molecule has 0 heterocycles. The molecule has 104 valence electrons. The number of rotatable bonds is 10. The van der Waals surface area contributed by atoms with Gasteiger partial charge in [-0.2, -0.15) is 0 Å². The molecule has 0 spiro atoms. The molecule has 0 bridgehead atoms. The molecule has 1 rings (SSSR count). The second kappa shape index (κ2) is 10.8. The van der Waals surface area contributed by atoms with Crippen molar-refractivity contribution < 1.29 is 9.31 Å². The number of hydrogen-bond acceptors (Lipinski definition) is 2. The molecule has 0 aliphatic heterocycles. The summed E-state index contributed by atoms with van der Waals surface area (Å²) in [6.07, 6.45) is 6.50. The molecule has 0 saturated heterocycles. The average molecular weight is 260 g/mol. The molecule has 0 aliphatic rings. The highest BCUT2D eigenvalue weighted by Crippen LogP contribution is 2.04. The summed E-state index contributed by atoms with van der Waals surface area (Å²) >= 11 is 0. The van der Waals surface area contributed by atoms with E-state index in [0.717, 1.165) is 38.9 Å². The van der Waals surface area contributed by atoms with Gasteiger partial charge in [0, 0.05) is 13.2 Å². The zero-order valence-corrected chi connectivity index (χ0v) is 12.2. The Balaban J connectivity index is 2.44. The van der Waals surface area contributed by atoms with Crippen LogP contribution in [0, 0.1) is 0 Å². The van der Waals surface area contributed by atoms with E-state index in [1.807, 2.05) is 24.2 Å². The number of hydrogen-bond donors (Lipinski definition) is 0. The van der Waals surface area contributed by atoms with Gasteiger partial charge in [0.2, 0.25) is 0 Å². The van der Waals surface area contributed by atoms with E-state index in [2.05, 4.69) is 32.1 Å². The zero-order valence-electron chi connectivity index (χ0n) is 12.2. The average Bonchev–Trinajstić information content (AvgIpc) is 2.45. The zero-order chi connectivity index (χ0) is 13.8. The lowest BCUT2D eigenvalue weighted by Crippen LogP contribution is -2.22. The Labute approximate surface area is 118 Å². The number of unbranched alkanes of at least 4 members (excludes halogenated alkanes) is 2. The van der Waals surface area contributed by atoms with Crippen molar-refractivity contribution in [2.75, 3.05) is 13.2 Å². The Morgan fingerprint density at radius 1 is 0.947 bits per heavy atom. The summed E-state index contributed by atoms with van der Waals surface area (Å²) in [5.41, 5.74) is 1.17. The van der Waals surface area contributed by atoms with Crippen molar-refractivity contribution in [3.8, 4) is 0 Å². The molecule has 0 aliphatic carbocycles. The second-order valence-corrected chi connectivity index (χ2v) is 4.59. The molecule has 0 amide bonds. The topological polar surface area (TPSA) is 18.5 Å².